The normalized spacial score (nSPS) is 11.6. The van der Waals surface area contributed by atoms with E-state index in [1.807, 2.05) is 13.8 Å². The van der Waals surface area contributed by atoms with Gasteiger partial charge in [0.1, 0.15) is 0 Å². The number of anilines is 1. The van der Waals surface area contributed by atoms with Gasteiger partial charge in [0.15, 0.2) is 0 Å². The number of sulfonamides is 1. The van der Waals surface area contributed by atoms with Crippen LogP contribution < -0.4 is 10.5 Å². The number of rotatable bonds is 7. The number of carbonyl (C=O) groups excluding carboxylic acids is 1. The SMILES string of the molecule is CCC(CC)CNS(=O)(=O)c1ccc(N)cc1C(=O)OC. The lowest BCUT2D eigenvalue weighted by Crippen LogP contribution is -2.30. The molecular weight excluding hydrogens is 292 g/mol. The minimum absolute atomic E-state index is 0.0606. The Labute approximate surface area is 125 Å². The van der Waals surface area contributed by atoms with Gasteiger partial charge in [0.05, 0.1) is 17.6 Å². The van der Waals surface area contributed by atoms with E-state index < -0.39 is 16.0 Å². The van der Waals surface area contributed by atoms with E-state index in [1.54, 1.807) is 0 Å². The average Bonchev–Trinajstić information content (AvgIpc) is 2.47. The van der Waals surface area contributed by atoms with E-state index in [2.05, 4.69) is 9.46 Å². The molecule has 0 aliphatic heterocycles. The lowest BCUT2D eigenvalue weighted by Gasteiger charge is -2.15. The van der Waals surface area contributed by atoms with E-state index in [0.29, 0.717) is 12.2 Å². The van der Waals surface area contributed by atoms with Crippen molar-refractivity contribution < 1.29 is 17.9 Å². The number of methoxy groups -OCH3 is 1. The number of carbonyl (C=O) groups is 1. The molecule has 0 amide bonds. The zero-order valence-corrected chi connectivity index (χ0v) is 13.4. The Hall–Kier alpha value is -1.60. The summed E-state index contributed by atoms with van der Waals surface area (Å²) in [4.78, 5) is 11.6. The van der Waals surface area contributed by atoms with Crippen molar-refractivity contribution in [1.82, 2.24) is 4.72 Å². The van der Waals surface area contributed by atoms with E-state index in [4.69, 9.17) is 5.73 Å². The van der Waals surface area contributed by atoms with Gasteiger partial charge in [-0.3, -0.25) is 0 Å². The Kier molecular flexibility index (Phi) is 6.17. The molecule has 1 aromatic carbocycles. The summed E-state index contributed by atoms with van der Waals surface area (Å²) in [5, 5.41) is 0. The summed E-state index contributed by atoms with van der Waals surface area (Å²) in [6.45, 7) is 4.34. The zero-order chi connectivity index (χ0) is 16.0. The van der Waals surface area contributed by atoms with Crippen molar-refractivity contribution in [3.8, 4) is 0 Å². The highest BCUT2D eigenvalue weighted by Crippen LogP contribution is 2.20. The van der Waals surface area contributed by atoms with Crippen LogP contribution in [0.2, 0.25) is 0 Å². The van der Waals surface area contributed by atoms with Crippen molar-refractivity contribution in [3.05, 3.63) is 23.8 Å². The van der Waals surface area contributed by atoms with Gasteiger partial charge < -0.3 is 10.5 Å². The molecule has 3 N–H and O–H groups in total. The lowest BCUT2D eigenvalue weighted by molar-refractivity contribution is 0.0596. The van der Waals surface area contributed by atoms with E-state index in [0.717, 1.165) is 12.8 Å². The van der Waals surface area contributed by atoms with Crippen molar-refractivity contribution in [3.63, 3.8) is 0 Å². The first-order valence-corrected chi connectivity index (χ1v) is 8.31. The number of hydrogen-bond donors (Lipinski definition) is 2. The Balaban J connectivity index is 3.11. The Morgan fingerprint density at radius 1 is 1.33 bits per heavy atom. The van der Waals surface area contributed by atoms with Crippen molar-refractivity contribution in [1.29, 1.82) is 0 Å². The van der Waals surface area contributed by atoms with Crippen LogP contribution in [0.4, 0.5) is 5.69 Å². The van der Waals surface area contributed by atoms with Gasteiger partial charge in [-0.05, 0) is 24.1 Å². The fraction of sp³-hybridized carbons (Fsp3) is 0.500. The smallest absolute Gasteiger partial charge is 0.339 e. The second-order valence-corrected chi connectivity index (χ2v) is 6.52. The van der Waals surface area contributed by atoms with Crippen LogP contribution in [0.3, 0.4) is 0 Å². The molecule has 0 aromatic heterocycles. The first-order chi connectivity index (χ1) is 9.85. The number of nitrogens with one attached hydrogen (secondary N) is 1. The zero-order valence-electron chi connectivity index (χ0n) is 12.5. The van der Waals surface area contributed by atoms with Crippen LogP contribution >= 0.6 is 0 Å². The third-order valence-electron chi connectivity index (χ3n) is 3.42. The van der Waals surface area contributed by atoms with Gasteiger partial charge in [0, 0.05) is 12.2 Å². The molecule has 118 valence electrons. The maximum Gasteiger partial charge on any atom is 0.339 e. The van der Waals surface area contributed by atoms with E-state index >= 15 is 0 Å². The number of esters is 1. The van der Waals surface area contributed by atoms with Crippen LogP contribution in [-0.4, -0.2) is 28.0 Å². The minimum Gasteiger partial charge on any atom is -0.465 e. The van der Waals surface area contributed by atoms with Gasteiger partial charge in [0.25, 0.3) is 0 Å². The predicted molar refractivity (Wildman–Crippen MR) is 81.5 cm³/mol. The average molecular weight is 314 g/mol. The molecule has 0 aliphatic carbocycles. The van der Waals surface area contributed by atoms with E-state index in [1.165, 1.54) is 25.3 Å². The number of nitrogen functional groups attached to an aromatic ring is 1. The molecule has 1 aromatic rings. The van der Waals surface area contributed by atoms with Crippen molar-refractivity contribution in [2.75, 3.05) is 19.4 Å². The molecule has 0 aliphatic rings. The van der Waals surface area contributed by atoms with Gasteiger partial charge in [0.2, 0.25) is 10.0 Å². The van der Waals surface area contributed by atoms with Gasteiger partial charge >= 0.3 is 5.97 Å². The summed E-state index contributed by atoms with van der Waals surface area (Å²) >= 11 is 0. The third kappa shape index (κ3) is 4.44. The molecular formula is C14H22N2O4S. The number of nitrogens with two attached hydrogens (primary N) is 1. The molecule has 7 heteroatoms. The van der Waals surface area contributed by atoms with Crippen LogP contribution in [0.25, 0.3) is 0 Å². The Bertz CT molecular complexity index is 595. The molecule has 0 saturated carbocycles. The van der Waals surface area contributed by atoms with E-state index in [-0.39, 0.29) is 16.4 Å². The lowest BCUT2D eigenvalue weighted by atomic mass is 10.0. The van der Waals surface area contributed by atoms with Gasteiger partial charge in [-0.15, -0.1) is 0 Å². The predicted octanol–water partition coefficient (Wildman–Crippen LogP) is 1.77. The van der Waals surface area contributed by atoms with Gasteiger partial charge in [-0.2, -0.15) is 0 Å². The maximum atomic E-state index is 12.4. The fourth-order valence-electron chi connectivity index (χ4n) is 1.93. The largest absolute Gasteiger partial charge is 0.465 e. The fourth-order valence-corrected chi connectivity index (χ4v) is 3.22. The highest BCUT2D eigenvalue weighted by Gasteiger charge is 2.23. The summed E-state index contributed by atoms with van der Waals surface area (Å²) in [6.07, 6.45) is 1.76. The molecule has 0 atom stereocenters. The quantitative estimate of drug-likeness (QED) is 0.590. The molecule has 0 spiro atoms. The summed E-state index contributed by atoms with van der Waals surface area (Å²) < 4.78 is 31.9. The molecule has 0 heterocycles. The van der Waals surface area contributed by atoms with E-state index in [9.17, 15) is 13.2 Å². The standard InChI is InChI=1S/C14H22N2O4S/c1-4-10(5-2)9-16-21(18,19)13-7-6-11(15)8-12(13)14(17)20-3/h6-8,10,16H,4-5,9,15H2,1-3H3. The van der Waals surface area contributed by atoms with Gasteiger partial charge in [-0.25, -0.2) is 17.9 Å². The molecule has 6 nitrogen and oxygen atoms in total. The summed E-state index contributed by atoms with van der Waals surface area (Å²) in [5.41, 5.74) is 5.85. The van der Waals surface area contributed by atoms with Crippen molar-refractivity contribution >= 4 is 21.7 Å². The molecule has 0 unspecified atom stereocenters. The van der Waals surface area contributed by atoms with Crippen LogP contribution in [-0.2, 0) is 14.8 Å². The number of benzene rings is 1. The second kappa shape index (κ2) is 7.42. The van der Waals surface area contributed by atoms with Crippen LogP contribution in [0.5, 0.6) is 0 Å². The summed E-state index contributed by atoms with van der Waals surface area (Å²) in [5.74, 6) is -0.472. The first-order valence-electron chi connectivity index (χ1n) is 6.83. The molecule has 21 heavy (non-hydrogen) atoms. The first kappa shape index (κ1) is 17.5. The van der Waals surface area contributed by atoms with Gasteiger partial charge in [-0.1, -0.05) is 26.7 Å². The Morgan fingerprint density at radius 3 is 2.48 bits per heavy atom. The van der Waals surface area contributed by atoms with Crippen LogP contribution in [0.1, 0.15) is 37.0 Å². The number of hydrogen-bond acceptors (Lipinski definition) is 5. The summed E-state index contributed by atoms with van der Waals surface area (Å²) in [6, 6.07) is 4.06. The molecule has 0 saturated heterocycles. The van der Waals surface area contributed by atoms with Crippen molar-refractivity contribution in [2.24, 2.45) is 5.92 Å². The highest BCUT2D eigenvalue weighted by molar-refractivity contribution is 7.89. The Morgan fingerprint density at radius 2 is 1.95 bits per heavy atom. The number of ether oxygens (including phenoxy) is 1. The second-order valence-electron chi connectivity index (χ2n) is 4.78. The maximum absolute atomic E-state index is 12.4. The van der Waals surface area contributed by atoms with Crippen molar-refractivity contribution in [2.45, 2.75) is 31.6 Å². The summed E-state index contributed by atoms with van der Waals surface area (Å²) in [7, 11) is -2.59. The monoisotopic (exact) mass is 314 g/mol. The van der Waals surface area contributed by atoms with Crippen LogP contribution in [0, 0.1) is 5.92 Å². The molecule has 0 fully saturated rings. The van der Waals surface area contributed by atoms with Crippen LogP contribution in [0.15, 0.2) is 23.1 Å². The highest BCUT2D eigenvalue weighted by atomic mass is 32.2. The third-order valence-corrected chi connectivity index (χ3v) is 4.90. The minimum atomic E-state index is -3.78. The topological polar surface area (TPSA) is 98.5 Å². The molecule has 0 radical (unpaired) electrons. The molecule has 0 bridgehead atoms. The molecule has 1 rings (SSSR count).